The molecule has 0 spiro atoms. The molecule has 0 amide bonds. The zero-order valence-electron chi connectivity index (χ0n) is 18.5. The highest BCUT2D eigenvalue weighted by molar-refractivity contribution is 7.18. The van der Waals surface area contributed by atoms with E-state index in [0.29, 0.717) is 34.0 Å². The molecule has 0 atom stereocenters. The Morgan fingerprint density at radius 3 is 2.32 bits per heavy atom. The van der Waals surface area contributed by atoms with E-state index >= 15 is 0 Å². The first-order valence-corrected chi connectivity index (χ1v) is 10.8. The lowest BCUT2D eigenvalue weighted by molar-refractivity contribution is 0.0601. The van der Waals surface area contributed by atoms with Crippen LogP contribution < -0.4 is 10.1 Å². The summed E-state index contributed by atoms with van der Waals surface area (Å²) in [6.07, 6.45) is 0.298. The first kappa shape index (κ1) is 22.6. The van der Waals surface area contributed by atoms with E-state index in [1.807, 2.05) is 50.2 Å². The Morgan fingerprint density at radius 1 is 1.00 bits per heavy atom. The molecule has 0 aliphatic heterocycles. The number of Topliss-reactive ketones (excluding diaryl/α,β-unsaturated/α-hetero) is 1. The normalized spacial score (nSPS) is 10.6. The van der Waals surface area contributed by atoms with Gasteiger partial charge in [0.25, 0.3) is 0 Å². The molecule has 3 rings (SSSR count). The summed E-state index contributed by atoms with van der Waals surface area (Å²) in [6.45, 7) is 6.36. The van der Waals surface area contributed by atoms with Crippen molar-refractivity contribution in [2.75, 3.05) is 19.5 Å². The van der Waals surface area contributed by atoms with Gasteiger partial charge in [-0.2, -0.15) is 0 Å². The first-order valence-electron chi connectivity index (χ1n) is 10.0. The van der Waals surface area contributed by atoms with Gasteiger partial charge in [-0.25, -0.2) is 4.79 Å². The minimum Gasteiger partial charge on any atom is -0.497 e. The third kappa shape index (κ3) is 5.14. The molecule has 5 nitrogen and oxygen atoms in total. The summed E-state index contributed by atoms with van der Waals surface area (Å²) >= 11 is 1.31. The Kier molecular flexibility index (Phi) is 7.13. The minimum absolute atomic E-state index is 0.00268. The highest BCUT2D eigenvalue weighted by atomic mass is 32.1. The van der Waals surface area contributed by atoms with Gasteiger partial charge >= 0.3 is 5.97 Å². The number of esters is 1. The Morgan fingerprint density at radius 2 is 1.71 bits per heavy atom. The van der Waals surface area contributed by atoms with Crippen LogP contribution in [0.25, 0.3) is 0 Å². The molecular weight excluding hydrogens is 410 g/mol. The number of ketones is 1. The van der Waals surface area contributed by atoms with Gasteiger partial charge in [-0.05, 0) is 55.2 Å². The number of aryl methyl sites for hydroxylation is 2. The number of methoxy groups -OCH3 is 2. The monoisotopic (exact) mass is 437 g/mol. The van der Waals surface area contributed by atoms with E-state index in [1.54, 1.807) is 14.0 Å². The van der Waals surface area contributed by atoms with Crippen LogP contribution in [0.15, 0.2) is 42.5 Å². The van der Waals surface area contributed by atoms with Gasteiger partial charge in [0.2, 0.25) is 0 Å². The molecule has 0 aliphatic carbocycles. The van der Waals surface area contributed by atoms with Gasteiger partial charge in [0.15, 0.2) is 5.78 Å². The zero-order chi connectivity index (χ0) is 22.5. The van der Waals surface area contributed by atoms with Crippen molar-refractivity contribution in [3.63, 3.8) is 0 Å². The van der Waals surface area contributed by atoms with Crippen LogP contribution in [0, 0.1) is 20.8 Å². The van der Waals surface area contributed by atoms with Gasteiger partial charge in [-0.3, -0.25) is 4.79 Å². The number of anilines is 1. The molecule has 0 unspecified atom stereocenters. The smallest absolute Gasteiger partial charge is 0.341 e. The van der Waals surface area contributed by atoms with Crippen molar-refractivity contribution in [1.29, 1.82) is 0 Å². The van der Waals surface area contributed by atoms with E-state index in [1.165, 1.54) is 24.0 Å². The summed E-state index contributed by atoms with van der Waals surface area (Å²) in [5.74, 6) is 0.332. The third-order valence-corrected chi connectivity index (χ3v) is 6.54. The molecule has 0 aliphatic rings. The van der Waals surface area contributed by atoms with E-state index in [9.17, 15) is 9.59 Å². The van der Waals surface area contributed by atoms with E-state index in [4.69, 9.17) is 9.47 Å². The molecule has 1 aromatic heterocycles. The van der Waals surface area contributed by atoms with Crippen molar-refractivity contribution >= 4 is 28.1 Å². The lowest BCUT2D eigenvalue weighted by Crippen LogP contribution is -2.08. The van der Waals surface area contributed by atoms with Crippen LogP contribution in [0.4, 0.5) is 5.00 Å². The lowest BCUT2D eigenvalue weighted by Gasteiger charge is -2.08. The summed E-state index contributed by atoms with van der Waals surface area (Å²) in [7, 11) is 2.98. The summed E-state index contributed by atoms with van der Waals surface area (Å²) in [5.41, 5.74) is 5.36. The van der Waals surface area contributed by atoms with Gasteiger partial charge in [-0.15, -0.1) is 11.3 Å². The van der Waals surface area contributed by atoms with Gasteiger partial charge in [0.05, 0.1) is 24.7 Å². The number of benzene rings is 2. The van der Waals surface area contributed by atoms with E-state index in [2.05, 4.69) is 11.4 Å². The summed E-state index contributed by atoms with van der Waals surface area (Å²) in [4.78, 5) is 26.1. The van der Waals surface area contributed by atoms with Crippen LogP contribution >= 0.6 is 11.3 Å². The number of hydrogen-bond acceptors (Lipinski definition) is 6. The van der Waals surface area contributed by atoms with E-state index < -0.39 is 5.97 Å². The molecule has 0 radical (unpaired) electrons. The van der Waals surface area contributed by atoms with Crippen molar-refractivity contribution in [3.05, 3.63) is 80.7 Å². The second-order valence-electron chi connectivity index (χ2n) is 7.48. The topological polar surface area (TPSA) is 64.6 Å². The van der Waals surface area contributed by atoms with Crippen LogP contribution in [0.1, 0.15) is 47.8 Å². The number of thiophene rings is 1. The number of hydrogen-bond donors (Lipinski definition) is 1. The maximum Gasteiger partial charge on any atom is 0.341 e. The fourth-order valence-corrected chi connectivity index (χ4v) is 4.60. The van der Waals surface area contributed by atoms with Crippen LogP contribution in [-0.4, -0.2) is 26.0 Å². The molecule has 6 heteroatoms. The molecular formula is C25H27NO4S. The molecule has 31 heavy (non-hydrogen) atoms. The molecule has 0 bridgehead atoms. The highest BCUT2D eigenvalue weighted by Gasteiger charge is 2.25. The van der Waals surface area contributed by atoms with Gasteiger partial charge in [-0.1, -0.05) is 35.9 Å². The maximum atomic E-state index is 13.1. The predicted molar refractivity (Wildman–Crippen MR) is 125 cm³/mol. The van der Waals surface area contributed by atoms with E-state index in [-0.39, 0.29) is 5.78 Å². The van der Waals surface area contributed by atoms with Crippen LogP contribution in [0.5, 0.6) is 5.75 Å². The summed E-state index contributed by atoms with van der Waals surface area (Å²) in [6, 6.07) is 13.8. The number of rotatable bonds is 8. The molecule has 1 N–H and O–H groups in total. The number of ether oxygens (including phenoxy) is 2. The third-order valence-electron chi connectivity index (χ3n) is 5.25. The standard InChI is InChI=1S/C25H27NO4S/c1-15-6-9-19(16(2)12-15)13-21(27)23-17(3)22(25(28)30-5)24(31-23)26-14-18-7-10-20(29-4)11-8-18/h6-12,26H,13-14H2,1-5H3. The van der Waals surface area contributed by atoms with Crippen LogP contribution in [0.2, 0.25) is 0 Å². The zero-order valence-corrected chi connectivity index (χ0v) is 19.3. The fourth-order valence-electron chi connectivity index (χ4n) is 3.47. The quantitative estimate of drug-likeness (QED) is 0.372. The number of carbonyl (C=O) groups excluding carboxylic acids is 2. The number of carbonyl (C=O) groups is 2. The summed E-state index contributed by atoms with van der Waals surface area (Å²) < 4.78 is 10.2. The van der Waals surface area contributed by atoms with Gasteiger partial charge < -0.3 is 14.8 Å². The second kappa shape index (κ2) is 9.79. The first-order chi connectivity index (χ1) is 14.8. The molecule has 0 saturated carbocycles. The SMILES string of the molecule is COC(=O)c1c(NCc2ccc(OC)cc2)sc(C(=O)Cc2ccc(C)cc2C)c1C. The Balaban J connectivity index is 1.86. The summed E-state index contributed by atoms with van der Waals surface area (Å²) in [5, 5.41) is 3.95. The molecule has 3 aromatic rings. The largest absolute Gasteiger partial charge is 0.497 e. The second-order valence-corrected chi connectivity index (χ2v) is 8.50. The molecule has 0 fully saturated rings. The van der Waals surface area contributed by atoms with Crippen LogP contribution in [-0.2, 0) is 17.7 Å². The van der Waals surface area contributed by atoms with Gasteiger partial charge in [0.1, 0.15) is 10.8 Å². The average Bonchev–Trinajstić information content (AvgIpc) is 3.10. The van der Waals surface area contributed by atoms with Crippen molar-refractivity contribution < 1.29 is 19.1 Å². The minimum atomic E-state index is -0.448. The highest BCUT2D eigenvalue weighted by Crippen LogP contribution is 2.35. The Hall–Kier alpha value is -3.12. The molecule has 2 aromatic carbocycles. The van der Waals surface area contributed by atoms with E-state index in [0.717, 1.165) is 22.4 Å². The van der Waals surface area contributed by atoms with Gasteiger partial charge in [0, 0.05) is 13.0 Å². The van der Waals surface area contributed by atoms with Crippen molar-refractivity contribution in [3.8, 4) is 5.75 Å². The van der Waals surface area contributed by atoms with Crippen LogP contribution in [0.3, 0.4) is 0 Å². The molecule has 162 valence electrons. The predicted octanol–water partition coefficient (Wildman–Crippen LogP) is 5.51. The Bertz CT molecular complexity index is 1100. The Labute approximate surface area is 187 Å². The number of nitrogens with one attached hydrogen (secondary N) is 1. The van der Waals surface area contributed by atoms with Crippen molar-refractivity contribution in [1.82, 2.24) is 0 Å². The maximum absolute atomic E-state index is 13.1. The molecule has 0 saturated heterocycles. The molecule has 1 heterocycles. The average molecular weight is 438 g/mol. The van der Waals surface area contributed by atoms with Crippen molar-refractivity contribution in [2.24, 2.45) is 0 Å². The van der Waals surface area contributed by atoms with Crippen molar-refractivity contribution in [2.45, 2.75) is 33.7 Å². The lowest BCUT2D eigenvalue weighted by atomic mass is 9.99. The fraction of sp³-hybridized carbons (Fsp3) is 0.280.